The molecule has 134 valence electrons. The fraction of sp³-hybridized carbons (Fsp3) is 0.316. The zero-order valence-corrected chi connectivity index (χ0v) is 15.7. The number of unbranched alkanes of at least 4 members (excludes halogenated alkanes) is 1. The third-order valence-corrected chi connectivity index (χ3v) is 3.48. The molecule has 0 aliphatic carbocycles. The van der Waals surface area contributed by atoms with Crippen LogP contribution in [0.5, 0.6) is 11.5 Å². The highest BCUT2D eigenvalue weighted by Gasteiger charge is 2.01. The molecule has 0 bridgehead atoms. The minimum absolute atomic E-state index is 0.529. The van der Waals surface area contributed by atoms with E-state index in [0.29, 0.717) is 5.11 Å². The van der Waals surface area contributed by atoms with E-state index in [1.165, 1.54) is 0 Å². The van der Waals surface area contributed by atoms with E-state index in [0.717, 1.165) is 42.3 Å². The van der Waals surface area contributed by atoms with Gasteiger partial charge in [0.25, 0.3) is 0 Å². The Bertz CT molecular complexity index is 657. The minimum atomic E-state index is 0.529. The summed E-state index contributed by atoms with van der Waals surface area (Å²) in [6.07, 6.45) is 2.19. The summed E-state index contributed by atoms with van der Waals surface area (Å²) < 4.78 is 5.65. The normalized spacial score (nSPS) is 10.4. The van der Waals surface area contributed by atoms with Gasteiger partial charge in [-0.25, -0.2) is 0 Å². The number of benzene rings is 2. The Morgan fingerprint density at radius 3 is 1.92 bits per heavy atom. The summed E-state index contributed by atoms with van der Waals surface area (Å²) in [5.74, 6) is 1.64. The average Bonchev–Trinajstić information content (AvgIpc) is 2.58. The van der Waals surface area contributed by atoms with E-state index < -0.39 is 0 Å². The highest BCUT2D eigenvalue weighted by atomic mass is 32.1. The molecule has 2 rings (SSSR count). The van der Waals surface area contributed by atoms with E-state index in [2.05, 4.69) is 17.6 Å². The van der Waals surface area contributed by atoms with Crippen LogP contribution < -0.4 is 20.2 Å². The number of hydrogen-bond acceptors (Lipinski definition) is 4. The largest absolute Gasteiger partial charge is 0.494 e. The number of hydroxylamine groups is 2. The first-order chi connectivity index (χ1) is 12.1. The van der Waals surface area contributed by atoms with E-state index in [9.17, 15) is 0 Å². The third kappa shape index (κ3) is 6.99. The Balaban J connectivity index is 1.83. The second-order valence-corrected chi connectivity index (χ2v) is 6.14. The van der Waals surface area contributed by atoms with Gasteiger partial charge >= 0.3 is 0 Å². The summed E-state index contributed by atoms with van der Waals surface area (Å²) in [5.41, 5.74) is 1.80. The molecule has 0 saturated heterocycles. The fourth-order valence-corrected chi connectivity index (χ4v) is 2.31. The number of nitrogens with zero attached hydrogens (tertiary/aromatic N) is 1. The zero-order valence-electron chi connectivity index (χ0n) is 14.9. The molecule has 0 amide bonds. The van der Waals surface area contributed by atoms with Gasteiger partial charge < -0.3 is 20.2 Å². The van der Waals surface area contributed by atoms with Crippen molar-refractivity contribution in [2.24, 2.45) is 0 Å². The van der Waals surface area contributed by atoms with Crippen molar-refractivity contribution >= 4 is 28.7 Å². The zero-order chi connectivity index (χ0) is 18.1. The summed E-state index contributed by atoms with van der Waals surface area (Å²) in [6, 6.07) is 15.4. The number of ether oxygens (including phenoxy) is 1. The molecule has 0 aliphatic heterocycles. The maximum absolute atomic E-state index is 5.65. The van der Waals surface area contributed by atoms with E-state index in [-0.39, 0.29) is 0 Å². The molecular formula is C19H25N3O2S. The molecule has 5 nitrogen and oxygen atoms in total. The number of rotatable bonds is 8. The first kappa shape index (κ1) is 19.0. The predicted octanol–water partition coefficient (Wildman–Crippen LogP) is 4.53. The molecule has 2 N–H and O–H groups in total. The van der Waals surface area contributed by atoms with Crippen molar-refractivity contribution in [3.8, 4) is 11.5 Å². The SMILES string of the molecule is CCCCOc1ccc(NC(=S)Nc2ccc(ON(C)C)cc2)cc1. The molecule has 0 saturated carbocycles. The Labute approximate surface area is 154 Å². The van der Waals surface area contributed by atoms with Crippen molar-refractivity contribution in [1.82, 2.24) is 5.06 Å². The smallest absolute Gasteiger partial charge is 0.175 e. The second-order valence-electron chi connectivity index (χ2n) is 5.73. The molecule has 0 aliphatic rings. The van der Waals surface area contributed by atoms with Crippen molar-refractivity contribution in [2.75, 3.05) is 31.3 Å². The average molecular weight is 359 g/mol. The van der Waals surface area contributed by atoms with Gasteiger partial charge in [-0.2, -0.15) is 5.06 Å². The monoisotopic (exact) mass is 359 g/mol. The third-order valence-electron chi connectivity index (χ3n) is 3.28. The quantitative estimate of drug-likeness (QED) is 0.410. The van der Waals surface area contributed by atoms with Gasteiger partial charge in [0, 0.05) is 25.5 Å². The lowest BCUT2D eigenvalue weighted by Crippen LogP contribution is -2.19. The van der Waals surface area contributed by atoms with Crippen LogP contribution in [0.4, 0.5) is 11.4 Å². The molecule has 0 aromatic heterocycles. The molecule has 0 spiro atoms. The Morgan fingerprint density at radius 1 is 0.920 bits per heavy atom. The predicted molar refractivity (Wildman–Crippen MR) is 107 cm³/mol. The van der Waals surface area contributed by atoms with Gasteiger partial charge in [0.2, 0.25) is 0 Å². The first-order valence-electron chi connectivity index (χ1n) is 8.33. The van der Waals surface area contributed by atoms with Gasteiger partial charge in [0.1, 0.15) is 11.5 Å². The van der Waals surface area contributed by atoms with E-state index >= 15 is 0 Å². The van der Waals surface area contributed by atoms with Crippen molar-refractivity contribution in [3.05, 3.63) is 48.5 Å². The molecule has 0 fully saturated rings. The molecule has 6 heteroatoms. The Hall–Kier alpha value is -2.31. The van der Waals surface area contributed by atoms with Crippen LogP contribution in [0.25, 0.3) is 0 Å². The number of hydrogen-bond donors (Lipinski definition) is 2. The summed E-state index contributed by atoms with van der Waals surface area (Å²) in [5, 5.41) is 8.48. The van der Waals surface area contributed by atoms with E-state index in [4.69, 9.17) is 21.8 Å². The lowest BCUT2D eigenvalue weighted by molar-refractivity contribution is -0.00323. The van der Waals surface area contributed by atoms with Crippen LogP contribution in [0.3, 0.4) is 0 Å². The molecule has 25 heavy (non-hydrogen) atoms. The van der Waals surface area contributed by atoms with Crippen LogP contribution in [-0.2, 0) is 0 Å². The maximum Gasteiger partial charge on any atom is 0.175 e. The van der Waals surface area contributed by atoms with Crippen LogP contribution in [-0.4, -0.2) is 30.9 Å². The van der Waals surface area contributed by atoms with Gasteiger partial charge in [-0.15, -0.1) is 0 Å². The highest BCUT2D eigenvalue weighted by molar-refractivity contribution is 7.80. The van der Waals surface area contributed by atoms with Crippen molar-refractivity contribution < 1.29 is 9.57 Å². The highest BCUT2D eigenvalue weighted by Crippen LogP contribution is 2.18. The number of anilines is 2. The molecule has 0 unspecified atom stereocenters. The fourth-order valence-electron chi connectivity index (χ4n) is 2.07. The van der Waals surface area contributed by atoms with Crippen molar-refractivity contribution in [3.63, 3.8) is 0 Å². The Morgan fingerprint density at radius 2 is 1.44 bits per heavy atom. The van der Waals surface area contributed by atoms with Crippen LogP contribution in [0, 0.1) is 0 Å². The van der Waals surface area contributed by atoms with E-state index in [1.807, 2.05) is 62.6 Å². The molecule has 0 radical (unpaired) electrons. The lowest BCUT2D eigenvalue weighted by atomic mass is 10.3. The second kappa shape index (κ2) is 9.86. The lowest BCUT2D eigenvalue weighted by Gasteiger charge is -2.14. The van der Waals surface area contributed by atoms with Crippen LogP contribution >= 0.6 is 12.2 Å². The topological polar surface area (TPSA) is 45.8 Å². The van der Waals surface area contributed by atoms with Gasteiger partial charge in [0.05, 0.1) is 6.61 Å². The van der Waals surface area contributed by atoms with Crippen molar-refractivity contribution in [2.45, 2.75) is 19.8 Å². The van der Waals surface area contributed by atoms with Gasteiger partial charge in [-0.05, 0) is 67.2 Å². The van der Waals surface area contributed by atoms with E-state index in [1.54, 1.807) is 5.06 Å². The number of thiocarbonyl (C=S) groups is 1. The van der Waals surface area contributed by atoms with Crippen LogP contribution in [0.15, 0.2) is 48.5 Å². The minimum Gasteiger partial charge on any atom is -0.494 e. The molecule has 0 heterocycles. The standard InChI is InChI=1S/C19H25N3O2S/c1-4-5-14-23-17-10-6-15(7-11-17)20-19(25)21-16-8-12-18(13-9-16)24-22(2)3/h6-13H,4-5,14H2,1-3H3,(H2,20,21,25). The molecule has 0 atom stereocenters. The van der Waals surface area contributed by atoms with Crippen molar-refractivity contribution in [1.29, 1.82) is 0 Å². The molecular weight excluding hydrogens is 334 g/mol. The van der Waals surface area contributed by atoms with Crippen LogP contribution in [0.2, 0.25) is 0 Å². The summed E-state index contributed by atoms with van der Waals surface area (Å²) in [4.78, 5) is 5.46. The maximum atomic E-state index is 5.65. The number of nitrogens with one attached hydrogen (secondary N) is 2. The summed E-state index contributed by atoms with van der Waals surface area (Å²) >= 11 is 5.35. The van der Waals surface area contributed by atoms with Gasteiger partial charge in [-0.1, -0.05) is 13.3 Å². The summed E-state index contributed by atoms with van der Waals surface area (Å²) in [7, 11) is 3.68. The van der Waals surface area contributed by atoms with Crippen LogP contribution in [0.1, 0.15) is 19.8 Å². The summed E-state index contributed by atoms with van der Waals surface area (Å²) in [6.45, 7) is 2.89. The molecule has 2 aromatic carbocycles. The molecule has 2 aromatic rings. The Kier molecular flexibility index (Phi) is 7.50. The van der Waals surface area contributed by atoms with Gasteiger partial charge in [-0.3, -0.25) is 0 Å². The van der Waals surface area contributed by atoms with Gasteiger partial charge in [0.15, 0.2) is 5.11 Å². The first-order valence-corrected chi connectivity index (χ1v) is 8.74.